The van der Waals surface area contributed by atoms with Crippen LogP contribution in [0.2, 0.25) is 0 Å². The number of pyridine rings is 2. The number of likely N-dealkylation sites (N-methyl/N-ethyl adjacent to an activating group) is 1. The predicted molar refractivity (Wildman–Crippen MR) is 184 cm³/mol. The summed E-state index contributed by atoms with van der Waals surface area (Å²) in [5.74, 6) is 0. The number of allylic oxidation sites excluding steroid dienone is 8. The van der Waals surface area contributed by atoms with Gasteiger partial charge in [-0.2, -0.15) is 0 Å². The highest BCUT2D eigenvalue weighted by molar-refractivity contribution is 5.74. The van der Waals surface area contributed by atoms with E-state index in [9.17, 15) is 0 Å². The van der Waals surface area contributed by atoms with Crippen LogP contribution in [0, 0.1) is 6.92 Å². The lowest BCUT2D eigenvalue weighted by Crippen LogP contribution is -2.16. The molecular weight excluding hydrogens is 526 g/mol. The Morgan fingerprint density at radius 2 is 1.67 bits per heavy atom. The Hall–Kier alpha value is -5.00. The fourth-order valence-electron chi connectivity index (χ4n) is 4.57. The van der Waals surface area contributed by atoms with Crippen LogP contribution in [0.15, 0.2) is 163 Å². The summed E-state index contributed by atoms with van der Waals surface area (Å²) in [6, 6.07) is 14.3. The van der Waals surface area contributed by atoms with Gasteiger partial charge >= 0.3 is 0 Å². The van der Waals surface area contributed by atoms with Gasteiger partial charge in [0.2, 0.25) is 0 Å². The molecule has 5 heteroatoms. The normalized spacial score (nSPS) is 12.5. The van der Waals surface area contributed by atoms with Gasteiger partial charge in [0.1, 0.15) is 0 Å². The zero-order valence-corrected chi connectivity index (χ0v) is 25.9. The average Bonchev–Trinajstić information content (AvgIpc) is 3.04. The molecule has 0 amide bonds. The maximum absolute atomic E-state index is 4.46. The Kier molecular flexibility index (Phi) is 12.4. The van der Waals surface area contributed by atoms with Crippen molar-refractivity contribution in [2.24, 2.45) is 0 Å². The molecule has 0 fully saturated rings. The predicted octanol–water partition coefficient (Wildman–Crippen LogP) is 8.39. The van der Waals surface area contributed by atoms with E-state index in [-0.39, 0.29) is 0 Å². The monoisotopic (exact) mass is 569 g/mol. The summed E-state index contributed by atoms with van der Waals surface area (Å²) in [6.45, 7) is 24.7. The zero-order valence-electron chi connectivity index (χ0n) is 25.9. The zero-order chi connectivity index (χ0) is 31.2. The SMILES string of the molecule is C=C/C(=C\C(=C/C)C(=C)/C=C(C(=C)C(=C)Nc1cncc(-c2cccnc2)c1C)\C(=C/C)NC)CNCc1ccccc1. The lowest BCUT2D eigenvalue weighted by molar-refractivity contribution is 0.747. The van der Waals surface area contributed by atoms with Crippen LogP contribution in [0.1, 0.15) is 25.0 Å². The summed E-state index contributed by atoms with van der Waals surface area (Å²) in [5.41, 5.74) is 11.3. The van der Waals surface area contributed by atoms with Crippen molar-refractivity contribution >= 4 is 5.69 Å². The molecule has 1 aromatic carbocycles. The fourth-order valence-corrected chi connectivity index (χ4v) is 4.57. The molecule has 0 aliphatic carbocycles. The highest BCUT2D eigenvalue weighted by Gasteiger charge is 2.15. The molecule has 2 aromatic heterocycles. The minimum atomic E-state index is 0.663. The molecule has 3 rings (SSSR count). The largest absolute Gasteiger partial charge is 0.388 e. The molecule has 220 valence electrons. The molecule has 0 saturated carbocycles. The van der Waals surface area contributed by atoms with Crippen molar-refractivity contribution in [1.29, 1.82) is 0 Å². The number of nitrogens with zero attached hydrogens (tertiary/aromatic N) is 2. The van der Waals surface area contributed by atoms with Gasteiger partial charge in [0.05, 0.1) is 11.9 Å². The van der Waals surface area contributed by atoms with E-state index in [1.807, 2.05) is 81.8 Å². The average molecular weight is 570 g/mol. The first-order chi connectivity index (χ1) is 20.8. The summed E-state index contributed by atoms with van der Waals surface area (Å²) in [4.78, 5) is 8.72. The molecule has 0 radical (unpaired) electrons. The van der Waals surface area contributed by atoms with Gasteiger partial charge in [-0.15, -0.1) is 0 Å². The van der Waals surface area contributed by atoms with E-state index in [2.05, 4.69) is 83.4 Å². The number of rotatable bonds is 15. The second kappa shape index (κ2) is 16.4. The van der Waals surface area contributed by atoms with Crippen LogP contribution in [0.3, 0.4) is 0 Å². The van der Waals surface area contributed by atoms with Crippen LogP contribution < -0.4 is 16.0 Å². The van der Waals surface area contributed by atoms with E-state index < -0.39 is 0 Å². The van der Waals surface area contributed by atoms with Crippen molar-refractivity contribution < 1.29 is 0 Å². The smallest absolute Gasteiger partial charge is 0.0606 e. The summed E-state index contributed by atoms with van der Waals surface area (Å²) in [5, 5.41) is 10.2. The van der Waals surface area contributed by atoms with Crippen molar-refractivity contribution in [1.82, 2.24) is 20.6 Å². The first kappa shape index (κ1) is 32.5. The number of hydrogen-bond acceptors (Lipinski definition) is 5. The van der Waals surface area contributed by atoms with Crippen LogP contribution in [-0.4, -0.2) is 23.6 Å². The van der Waals surface area contributed by atoms with Crippen LogP contribution in [0.5, 0.6) is 0 Å². The number of nitrogens with one attached hydrogen (secondary N) is 3. The maximum atomic E-state index is 4.46. The Morgan fingerprint density at radius 1 is 0.907 bits per heavy atom. The van der Waals surface area contributed by atoms with E-state index >= 15 is 0 Å². The first-order valence-corrected chi connectivity index (χ1v) is 14.3. The maximum Gasteiger partial charge on any atom is 0.0606 e. The van der Waals surface area contributed by atoms with Crippen LogP contribution in [0.4, 0.5) is 5.69 Å². The van der Waals surface area contributed by atoms with Crippen molar-refractivity contribution in [2.45, 2.75) is 27.3 Å². The van der Waals surface area contributed by atoms with Crippen molar-refractivity contribution in [3.63, 3.8) is 0 Å². The topological polar surface area (TPSA) is 61.9 Å². The molecule has 0 aliphatic heterocycles. The second-order valence-electron chi connectivity index (χ2n) is 9.98. The summed E-state index contributed by atoms with van der Waals surface area (Å²) in [7, 11) is 1.89. The molecule has 0 spiro atoms. The van der Waals surface area contributed by atoms with Crippen molar-refractivity contribution in [2.75, 3.05) is 18.9 Å². The third kappa shape index (κ3) is 8.99. The number of aromatic nitrogens is 2. The first-order valence-electron chi connectivity index (χ1n) is 14.3. The van der Waals surface area contributed by atoms with Gasteiger partial charge in [-0.05, 0) is 66.3 Å². The highest BCUT2D eigenvalue weighted by Crippen LogP contribution is 2.31. The minimum absolute atomic E-state index is 0.663. The highest BCUT2D eigenvalue weighted by atomic mass is 14.9. The molecule has 43 heavy (non-hydrogen) atoms. The minimum Gasteiger partial charge on any atom is -0.388 e. The molecule has 0 saturated heterocycles. The van der Waals surface area contributed by atoms with Crippen LogP contribution in [-0.2, 0) is 6.54 Å². The Morgan fingerprint density at radius 3 is 2.30 bits per heavy atom. The van der Waals surface area contributed by atoms with Crippen molar-refractivity contribution in [3.05, 3.63) is 174 Å². The van der Waals surface area contributed by atoms with Gasteiger partial charge in [0.15, 0.2) is 0 Å². The summed E-state index contributed by atoms with van der Waals surface area (Å²) in [6.07, 6.45) is 17.4. The molecule has 0 atom stereocenters. The van der Waals surface area contributed by atoms with Gasteiger partial charge in [0.25, 0.3) is 0 Å². The standard InChI is InChI=1S/C38H43N5/c1-9-31(22-41-23-32-16-13-12-14-17-32)21-33(10-2)27(4)20-35(37(11-3)39-8)28(5)30(7)43-38-26-42-25-36(29(38)6)34-18-15-19-40-24-34/h9-21,24-26,39,41,43H,1,4-5,7,22-23H2,2-3,6,8H3/b31-21+,33-10+,35-20-,37-11+. The molecule has 0 unspecified atom stereocenters. The van der Waals surface area contributed by atoms with Gasteiger partial charge in [0, 0.05) is 66.8 Å². The lowest BCUT2D eigenvalue weighted by atomic mass is 9.95. The van der Waals surface area contributed by atoms with Gasteiger partial charge in [-0.25, -0.2) is 0 Å². The molecule has 0 bridgehead atoms. The van der Waals surface area contributed by atoms with E-state index in [0.717, 1.165) is 62.5 Å². The van der Waals surface area contributed by atoms with Crippen LogP contribution >= 0.6 is 0 Å². The summed E-state index contributed by atoms with van der Waals surface area (Å²) < 4.78 is 0. The quantitative estimate of drug-likeness (QED) is 0.161. The number of hydrogen-bond donors (Lipinski definition) is 3. The molecule has 3 aromatic rings. The van der Waals surface area contributed by atoms with Gasteiger partial charge in [-0.1, -0.05) is 87.0 Å². The number of anilines is 1. The van der Waals surface area contributed by atoms with Crippen molar-refractivity contribution in [3.8, 4) is 11.1 Å². The molecule has 2 heterocycles. The summed E-state index contributed by atoms with van der Waals surface area (Å²) >= 11 is 0. The molecular formula is C38H43N5. The fraction of sp³-hybridized carbons (Fsp3) is 0.158. The lowest BCUT2D eigenvalue weighted by Gasteiger charge is -2.20. The molecule has 5 nitrogen and oxygen atoms in total. The number of benzene rings is 1. The second-order valence-corrected chi connectivity index (χ2v) is 9.98. The van der Waals surface area contributed by atoms with Crippen LogP contribution in [0.25, 0.3) is 11.1 Å². The molecule has 3 N–H and O–H groups in total. The van der Waals surface area contributed by atoms with Gasteiger partial charge < -0.3 is 16.0 Å². The Bertz CT molecular complexity index is 1570. The van der Waals surface area contributed by atoms with E-state index in [1.54, 1.807) is 12.4 Å². The van der Waals surface area contributed by atoms with E-state index in [1.165, 1.54) is 5.56 Å². The van der Waals surface area contributed by atoms with Gasteiger partial charge in [-0.3, -0.25) is 9.97 Å². The van der Waals surface area contributed by atoms with E-state index in [0.29, 0.717) is 12.2 Å². The third-order valence-electron chi connectivity index (χ3n) is 7.12. The third-order valence-corrected chi connectivity index (χ3v) is 7.12. The Labute approximate surface area is 257 Å². The molecule has 0 aliphatic rings. The van der Waals surface area contributed by atoms with E-state index in [4.69, 9.17) is 0 Å². The Balaban J connectivity index is 1.83.